The first-order valence-corrected chi connectivity index (χ1v) is 11.0. The molecule has 1 amide bonds. The number of amides is 1. The molecule has 7 heteroatoms. The molecule has 0 bridgehead atoms. The summed E-state index contributed by atoms with van der Waals surface area (Å²) in [4.78, 5) is 30.8. The number of aliphatic hydroxyl groups excluding tert-OH is 1. The van der Waals surface area contributed by atoms with Crippen LogP contribution in [0.2, 0.25) is 0 Å². The summed E-state index contributed by atoms with van der Waals surface area (Å²) in [6.45, 7) is 4.68. The highest BCUT2D eigenvalue weighted by atomic mass is 16.5. The van der Waals surface area contributed by atoms with Crippen molar-refractivity contribution in [2.24, 2.45) is 0 Å². The molecular formula is C26H28N2O5. The van der Waals surface area contributed by atoms with Crippen LogP contribution in [0.5, 0.6) is 5.75 Å². The van der Waals surface area contributed by atoms with Crippen molar-refractivity contribution in [2.75, 3.05) is 20.3 Å². The first-order chi connectivity index (χ1) is 15.9. The van der Waals surface area contributed by atoms with Gasteiger partial charge in [0.2, 0.25) is 0 Å². The zero-order chi connectivity index (χ0) is 23.5. The molecule has 1 fully saturated rings. The Kier molecular flexibility index (Phi) is 6.51. The average molecular weight is 449 g/mol. The van der Waals surface area contributed by atoms with Crippen LogP contribution in [-0.4, -0.2) is 53.0 Å². The molecule has 33 heavy (non-hydrogen) atoms. The fourth-order valence-corrected chi connectivity index (χ4v) is 4.25. The minimum Gasteiger partial charge on any atom is -0.507 e. The van der Waals surface area contributed by atoms with E-state index in [1.54, 1.807) is 13.3 Å². The highest BCUT2D eigenvalue weighted by Gasteiger charge is 2.46. The van der Waals surface area contributed by atoms with Gasteiger partial charge >= 0.3 is 0 Å². The fourth-order valence-electron chi connectivity index (χ4n) is 4.25. The molecule has 7 nitrogen and oxygen atoms in total. The minimum absolute atomic E-state index is 0.0254. The molecule has 2 heterocycles. The van der Waals surface area contributed by atoms with Crippen LogP contribution in [0.15, 0.2) is 60.3 Å². The zero-order valence-corrected chi connectivity index (χ0v) is 19.0. The van der Waals surface area contributed by atoms with E-state index in [1.807, 2.05) is 62.4 Å². The monoisotopic (exact) mass is 448 g/mol. The third-order valence-electron chi connectivity index (χ3n) is 5.70. The number of carbonyl (C=O) groups is 2. The Morgan fingerprint density at radius 1 is 1.12 bits per heavy atom. The van der Waals surface area contributed by atoms with Gasteiger partial charge in [0.15, 0.2) is 0 Å². The Bertz CT molecular complexity index is 1190. The van der Waals surface area contributed by atoms with E-state index in [-0.39, 0.29) is 17.4 Å². The van der Waals surface area contributed by atoms with Gasteiger partial charge in [0.1, 0.15) is 11.5 Å². The van der Waals surface area contributed by atoms with E-state index in [2.05, 4.69) is 4.98 Å². The number of hydrogen-bond donors (Lipinski definition) is 2. The maximum Gasteiger partial charge on any atom is 0.295 e. The number of aliphatic hydroxyl groups is 1. The van der Waals surface area contributed by atoms with Crippen molar-refractivity contribution < 1.29 is 24.2 Å². The van der Waals surface area contributed by atoms with Crippen molar-refractivity contribution in [3.05, 3.63) is 71.4 Å². The number of likely N-dealkylation sites (tertiary alicyclic amines) is 1. The van der Waals surface area contributed by atoms with Crippen molar-refractivity contribution in [1.82, 2.24) is 9.88 Å². The molecule has 1 aliphatic rings. The number of ketones is 1. The number of rotatable bonds is 8. The molecule has 3 aromatic rings. The number of methoxy groups -OCH3 is 1. The van der Waals surface area contributed by atoms with Crippen LogP contribution in [0.4, 0.5) is 0 Å². The van der Waals surface area contributed by atoms with Gasteiger partial charge in [-0.3, -0.25) is 9.59 Å². The van der Waals surface area contributed by atoms with Crippen molar-refractivity contribution in [2.45, 2.75) is 32.4 Å². The lowest BCUT2D eigenvalue weighted by Crippen LogP contribution is -2.31. The molecule has 4 rings (SSSR count). The number of ether oxygens (including phenoxy) is 2. The van der Waals surface area contributed by atoms with Gasteiger partial charge in [0.05, 0.1) is 17.7 Å². The van der Waals surface area contributed by atoms with Gasteiger partial charge in [-0.05, 0) is 44.0 Å². The van der Waals surface area contributed by atoms with Crippen molar-refractivity contribution in [3.8, 4) is 5.75 Å². The molecule has 1 unspecified atom stereocenters. The van der Waals surface area contributed by atoms with Crippen LogP contribution >= 0.6 is 0 Å². The number of carbonyl (C=O) groups excluding carboxylic acids is 2. The Morgan fingerprint density at radius 2 is 1.85 bits per heavy atom. The van der Waals surface area contributed by atoms with Gasteiger partial charge in [-0.2, -0.15) is 0 Å². The molecule has 172 valence electrons. The van der Waals surface area contributed by atoms with E-state index in [1.165, 1.54) is 4.90 Å². The summed E-state index contributed by atoms with van der Waals surface area (Å²) < 4.78 is 10.9. The van der Waals surface area contributed by atoms with Gasteiger partial charge in [-0.15, -0.1) is 0 Å². The van der Waals surface area contributed by atoms with E-state index >= 15 is 0 Å². The summed E-state index contributed by atoms with van der Waals surface area (Å²) in [5, 5.41) is 12.1. The van der Waals surface area contributed by atoms with Gasteiger partial charge in [-0.25, -0.2) is 0 Å². The second-order valence-electron chi connectivity index (χ2n) is 8.32. The molecule has 0 aliphatic carbocycles. The number of H-pyrrole nitrogens is 1. The minimum atomic E-state index is -0.705. The predicted molar refractivity (Wildman–Crippen MR) is 126 cm³/mol. The third kappa shape index (κ3) is 4.36. The average Bonchev–Trinajstić information content (AvgIpc) is 3.34. The highest BCUT2D eigenvalue weighted by Crippen LogP contribution is 2.41. The number of aromatic nitrogens is 1. The summed E-state index contributed by atoms with van der Waals surface area (Å²) in [6, 6.07) is 14.1. The van der Waals surface area contributed by atoms with Gasteiger partial charge in [0, 0.05) is 42.9 Å². The maximum absolute atomic E-state index is 13.1. The molecule has 0 spiro atoms. The molecular weight excluding hydrogens is 420 g/mol. The van der Waals surface area contributed by atoms with Gasteiger partial charge < -0.3 is 24.5 Å². The molecule has 1 saturated heterocycles. The smallest absolute Gasteiger partial charge is 0.295 e. The van der Waals surface area contributed by atoms with Crippen LogP contribution in [-0.2, 0) is 14.3 Å². The predicted octanol–water partition coefficient (Wildman–Crippen LogP) is 4.41. The van der Waals surface area contributed by atoms with Crippen molar-refractivity contribution in [1.29, 1.82) is 0 Å². The lowest BCUT2D eigenvalue weighted by Gasteiger charge is -2.25. The second-order valence-corrected chi connectivity index (χ2v) is 8.32. The van der Waals surface area contributed by atoms with Crippen LogP contribution in [0.1, 0.15) is 37.4 Å². The van der Waals surface area contributed by atoms with Gasteiger partial charge in [-0.1, -0.05) is 30.3 Å². The van der Waals surface area contributed by atoms with E-state index in [4.69, 9.17) is 9.47 Å². The van der Waals surface area contributed by atoms with Crippen LogP contribution < -0.4 is 4.74 Å². The normalized spacial score (nSPS) is 17.9. The molecule has 2 aromatic carbocycles. The number of benzene rings is 2. The lowest BCUT2D eigenvalue weighted by molar-refractivity contribution is -0.140. The largest absolute Gasteiger partial charge is 0.507 e. The Morgan fingerprint density at radius 3 is 2.55 bits per heavy atom. The Hall–Kier alpha value is -3.58. The van der Waals surface area contributed by atoms with Crippen LogP contribution in [0, 0.1) is 0 Å². The summed E-state index contributed by atoms with van der Waals surface area (Å²) in [6.07, 6.45) is 2.26. The maximum atomic E-state index is 13.1. The molecule has 2 N–H and O–H groups in total. The molecule has 1 aliphatic heterocycles. The summed E-state index contributed by atoms with van der Waals surface area (Å²) >= 11 is 0. The number of Topliss-reactive ketones (excluding diaryl/α,β-unsaturated/α-hetero) is 1. The number of fused-ring (bicyclic) bond motifs is 1. The summed E-state index contributed by atoms with van der Waals surface area (Å²) in [7, 11) is 1.59. The number of aromatic amines is 1. The zero-order valence-electron chi connectivity index (χ0n) is 19.0. The number of nitrogens with one attached hydrogen (secondary N) is 1. The fraction of sp³-hybridized carbons (Fsp3) is 0.308. The van der Waals surface area contributed by atoms with Crippen molar-refractivity contribution >= 4 is 28.4 Å². The first kappa shape index (κ1) is 22.6. The van der Waals surface area contributed by atoms with E-state index in [0.29, 0.717) is 30.9 Å². The Balaban J connectivity index is 1.81. The molecule has 0 radical (unpaired) electrons. The van der Waals surface area contributed by atoms with E-state index in [0.717, 1.165) is 16.5 Å². The Labute approximate surface area is 192 Å². The lowest BCUT2D eigenvalue weighted by atomic mass is 9.95. The standard InChI is InChI=1S/C26H28N2O5/c1-16(2)33-18-11-9-17(10-12-18)23-22(25(30)26(31)28(23)13-6-14-32-3)24(29)20-15-27-21-8-5-4-7-19(20)21/h4-5,7-12,15-16,23,27,29H,6,13-14H2,1-3H3/b24-22-. The van der Waals surface area contributed by atoms with Gasteiger partial charge in [0.25, 0.3) is 11.7 Å². The van der Waals surface area contributed by atoms with Crippen LogP contribution in [0.25, 0.3) is 16.7 Å². The summed E-state index contributed by atoms with van der Waals surface area (Å²) in [5.74, 6) is -0.808. The summed E-state index contributed by atoms with van der Waals surface area (Å²) in [5.41, 5.74) is 2.13. The topological polar surface area (TPSA) is 91.9 Å². The first-order valence-electron chi connectivity index (χ1n) is 11.0. The number of para-hydroxylation sites is 1. The number of nitrogens with zero attached hydrogens (tertiary/aromatic N) is 1. The molecule has 0 saturated carbocycles. The molecule has 1 atom stereocenters. The molecule has 1 aromatic heterocycles. The second kappa shape index (κ2) is 9.50. The quantitative estimate of drug-likeness (QED) is 0.230. The van der Waals surface area contributed by atoms with E-state index in [9.17, 15) is 14.7 Å². The van der Waals surface area contributed by atoms with Crippen molar-refractivity contribution in [3.63, 3.8) is 0 Å². The van der Waals surface area contributed by atoms with Crippen LogP contribution in [0.3, 0.4) is 0 Å². The highest BCUT2D eigenvalue weighted by molar-refractivity contribution is 6.46. The SMILES string of the molecule is COCCCN1C(=O)C(=O)/C(=C(\O)c2c[nH]c3ccccc23)C1c1ccc(OC(C)C)cc1. The number of hydrogen-bond acceptors (Lipinski definition) is 5. The third-order valence-corrected chi connectivity index (χ3v) is 5.70. The van der Waals surface area contributed by atoms with E-state index < -0.39 is 17.7 Å².